The minimum Gasteiger partial charge on any atom is -0.230 e. The summed E-state index contributed by atoms with van der Waals surface area (Å²) in [5.41, 5.74) is 0. The van der Waals surface area contributed by atoms with Crippen molar-refractivity contribution in [3.63, 3.8) is 0 Å². The van der Waals surface area contributed by atoms with E-state index >= 15 is 0 Å². The third kappa shape index (κ3) is 4.33. The van der Waals surface area contributed by atoms with Crippen molar-refractivity contribution in [3.05, 3.63) is 18.5 Å². The van der Waals surface area contributed by atoms with E-state index < -0.39 is 3.92 Å². The average molecular weight is 245 g/mol. The second kappa shape index (κ2) is 4.48. The third-order valence-electron chi connectivity index (χ3n) is 0.800. The van der Waals surface area contributed by atoms with E-state index in [4.69, 9.17) is 34.8 Å². The van der Waals surface area contributed by atoms with Crippen LogP contribution < -0.4 is 4.72 Å². The first kappa shape index (κ1) is 10.3. The van der Waals surface area contributed by atoms with Crippen LogP contribution in [0.4, 0.5) is 0 Å². The van der Waals surface area contributed by atoms with Gasteiger partial charge in [0.05, 0.1) is 0 Å². The highest BCUT2D eigenvalue weighted by molar-refractivity contribution is 7.97. The van der Waals surface area contributed by atoms with Crippen LogP contribution in [0, 0.1) is 0 Å². The molecule has 1 rings (SSSR count). The van der Waals surface area contributed by atoms with Crippen LogP contribution in [0.2, 0.25) is 0 Å². The largest absolute Gasteiger partial charge is 0.254 e. The van der Waals surface area contributed by atoms with Crippen molar-refractivity contribution in [2.24, 2.45) is 0 Å². The van der Waals surface area contributed by atoms with Crippen LogP contribution >= 0.6 is 46.8 Å². The maximum atomic E-state index is 5.43. The third-order valence-corrected chi connectivity index (χ3v) is 2.22. The lowest BCUT2D eigenvalue weighted by Crippen LogP contribution is -2.20. The monoisotopic (exact) mass is 243 g/mol. The minimum atomic E-state index is -1.50. The highest BCUT2D eigenvalue weighted by Crippen LogP contribution is 2.26. The van der Waals surface area contributed by atoms with E-state index in [1.807, 2.05) is 0 Å². The van der Waals surface area contributed by atoms with Gasteiger partial charge in [0.1, 0.15) is 0 Å². The zero-order valence-corrected chi connectivity index (χ0v) is 8.75. The van der Waals surface area contributed by atoms with Gasteiger partial charge < -0.3 is 0 Å². The number of aromatic nitrogens is 2. The Hall–Kier alpha value is 0.260. The second-order valence-electron chi connectivity index (χ2n) is 1.73. The summed E-state index contributed by atoms with van der Waals surface area (Å²) in [7, 11) is 0. The number of alkyl halides is 3. The van der Waals surface area contributed by atoms with E-state index in [9.17, 15) is 0 Å². The van der Waals surface area contributed by atoms with Crippen molar-refractivity contribution in [2.75, 3.05) is 0 Å². The molecule has 0 amide bonds. The molecule has 0 bridgehead atoms. The van der Waals surface area contributed by atoms with Crippen LogP contribution in [0.25, 0.3) is 0 Å². The molecule has 0 aromatic carbocycles. The molecule has 0 saturated carbocycles. The zero-order chi connectivity index (χ0) is 9.03. The Kier molecular flexibility index (Phi) is 3.86. The Bertz CT molecular complexity index is 237. The molecule has 1 heterocycles. The Balaban J connectivity index is 2.44. The lowest BCUT2D eigenvalue weighted by atomic mass is 10.7. The maximum Gasteiger partial charge on any atom is 0.254 e. The number of nitrogens with one attached hydrogen (secondary N) is 1. The van der Waals surface area contributed by atoms with Crippen molar-refractivity contribution in [1.29, 1.82) is 0 Å². The average Bonchev–Trinajstić information content (AvgIpc) is 2.02. The molecule has 0 unspecified atom stereocenters. The van der Waals surface area contributed by atoms with Gasteiger partial charge >= 0.3 is 0 Å². The highest BCUT2D eigenvalue weighted by Gasteiger charge is 2.19. The van der Waals surface area contributed by atoms with Gasteiger partial charge in [0.25, 0.3) is 3.92 Å². The molecule has 7 heteroatoms. The van der Waals surface area contributed by atoms with Crippen LogP contribution in [-0.2, 0) is 0 Å². The Morgan fingerprint density at radius 3 is 2.33 bits per heavy atom. The van der Waals surface area contributed by atoms with Crippen LogP contribution in [0.1, 0.15) is 0 Å². The molecule has 0 saturated heterocycles. The Morgan fingerprint density at radius 1 is 1.25 bits per heavy atom. The lowest BCUT2D eigenvalue weighted by Gasteiger charge is -2.09. The molecular weight excluding hydrogens is 241 g/mol. The summed E-state index contributed by atoms with van der Waals surface area (Å²) in [6.45, 7) is 0. The van der Waals surface area contributed by atoms with Gasteiger partial charge in [0.2, 0.25) is 5.16 Å². The molecule has 0 radical (unpaired) electrons. The summed E-state index contributed by atoms with van der Waals surface area (Å²) in [6, 6.07) is 1.71. The topological polar surface area (TPSA) is 37.8 Å². The molecule has 1 N–H and O–H groups in total. The number of hydrogen-bond donors (Lipinski definition) is 1. The van der Waals surface area contributed by atoms with Gasteiger partial charge in [0, 0.05) is 12.4 Å². The fourth-order valence-electron chi connectivity index (χ4n) is 0.442. The van der Waals surface area contributed by atoms with Crippen LogP contribution in [0.5, 0.6) is 0 Å². The van der Waals surface area contributed by atoms with E-state index in [-0.39, 0.29) is 0 Å². The van der Waals surface area contributed by atoms with Gasteiger partial charge in [-0.1, -0.05) is 34.8 Å². The predicted octanol–water partition coefficient (Wildman–Crippen LogP) is 2.40. The number of rotatable bonds is 2. The molecule has 66 valence electrons. The number of halogens is 3. The normalized spacial score (nSPS) is 11.6. The summed E-state index contributed by atoms with van der Waals surface area (Å²) in [5.74, 6) is 0. The highest BCUT2D eigenvalue weighted by atomic mass is 35.6. The molecule has 0 spiro atoms. The van der Waals surface area contributed by atoms with Gasteiger partial charge in [-0.25, -0.2) is 14.7 Å². The maximum absolute atomic E-state index is 5.43. The van der Waals surface area contributed by atoms with Crippen molar-refractivity contribution < 1.29 is 0 Å². The SMILES string of the molecule is ClC(Cl)(Cl)NSc1ncccn1. The zero-order valence-electron chi connectivity index (χ0n) is 5.67. The molecular formula is C5H4Cl3N3S. The van der Waals surface area contributed by atoms with Crippen molar-refractivity contribution in [1.82, 2.24) is 14.7 Å². The fraction of sp³-hybridized carbons (Fsp3) is 0.200. The van der Waals surface area contributed by atoms with E-state index in [1.165, 1.54) is 0 Å². The summed E-state index contributed by atoms with van der Waals surface area (Å²) < 4.78 is 1.03. The molecule has 0 aliphatic rings. The first-order valence-electron chi connectivity index (χ1n) is 2.86. The molecule has 3 nitrogen and oxygen atoms in total. The minimum absolute atomic E-state index is 0.504. The quantitative estimate of drug-likeness (QED) is 0.375. The van der Waals surface area contributed by atoms with E-state index in [0.29, 0.717) is 5.16 Å². The molecule has 0 aliphatic heterocycles. The summed E-state index contributed by atoms with van der Waals surface area (Å²) in [6.07, 6.45) is 3.21. The molecule has 1 aromatic rings. The van der Waals surface area contributed by atoms with Gasteiger partial charge in [-0.05, 0) is 18.0 Å². The summed E-state index contributed by atoms with van der Waals surface area (Å²) in [5, 5.41) is 0.504. The standard InChI is InChI=1S/C5H4Cl3N3S/c6-5(7,8)11-12-4-9-2-1-3-10-4/h1-3,11H. The van der Waals surface area contributed by atoms with Gasteiger partial charge in [-0.15, -0.1) is 0 Å². The van der Waals surface area contributed by atoms with Crippen molar-refractivity contribution in [2.45, 2.75) is 9.07 Å². The summed E-state index contributed by atoms with van der Waals surface area (Å²) >= 11 is 17.3. The second-order valence-corrected chi connectivity index (χ2v) is 4.79. The first-order chi connectivity index (χ1) is 5.58. The smallest absolute Gasteiger partial charge is 0.230 e. The molecule has 1 aromatic heterocycles. The van der Waals surface area contributed by atoms with Crippen molar-refractivity contribution in [3.8, 4) is 0 Å². The number of hydrogen-bond acceptors (Lipinski definition) is 4. The van der Waals surface area contributed by atoms with Gasteiger partial charge in [0.15, 0.2) is 0 Å². The molecule has 12 heavy (non-hydrogen) atoms. The van der Waals surface area contributed by atoms with Gasteiger partial charge in [-0.3, -0.25) is 0 Å². The Morgan fingerprint density at radius 2 is 1.83 bits per heavy atom. The lowest BCUT2D eigenvalue weighted by molar-refractivity contribution is 0.944. The van der Waals surface area contributed by atoms with Crippen molar-refractivity contribution >= 4 is 46.8 Å². The summed E-state index contributed by atoms with van der Waals surface area (Å²) in [4.78, 5) is 7.79. The first-order valence-corrected chi connectivity index (χ1v) is 4.81. The molecule has 0 aliphatic carbocycles. The van der Waals surface area contributed by atoms with E-state index in [2.05, 4.69) is 14.7 Å². The van der Waals surface area contributed by atoms with Crippen LogP contribution in [-0.4, -0.2) is 13.9 Å². The molecule has 0 atom stereocenters. The van der Waals surface area contributed by atoms with E-state index in [0.717, 1.165) is 11.9 Å². The van der Waals surface area contributed by atoms with Crippen LogP contribution in [0.15, 0.2) is 23.6 Å². The Labute approximate surface area is 89.0 Å². The van der Waals surface area contributed by atoms with E-state index in [1.54, 1.807) is 18.5 Å². The number of nitrogens with zero attached hydrogens (tertiary/aromatic N) is 2. The van der Waals surface area contributed by atoms with Gasteiger partial charge in [-0.2, -0.15) is 0 Å². The fourth-order valence-corrected chi connectivity index (χ4v) is 1.22. The predicted molar refractivity (Wildman–Crippen MR) is 51.3 cm³/mol. The van der Waals surface area contributed by atoms with Crippen LogP contribution in [0.3, 0.4) is 0 Å². The molecule has 0 fully saturated rings.